The number of aliphatic hydroxyl groups excluding tert-OH is 1. The zero-order chi connectivity index (χ0) is 15.2. The Kier molecular flexibility index (Phi) is 5.41. The van der Waals surface area contributed by atoms with E-state index >= 15 is 0 Å². The summed E-state index contributed by atoms with van der Waals surface area (Å²) in [6, 6.07) is 5.88. The van der Waals surface area contributed by atoms with Gasteiger partial charge < -0.3 is 20.8 Å². The summed E-state index contributed by atoms with van der Waals surface area (Å²) in [5, 5.41) is 21.4. The molecule has 1 aromatic rings. The number of methoxy groups -OCH3 is 1. The van der Waals surface area contributed by atoms with E-state index in [0.29, 0.717) is 11.3 Å². The van der Waals surface area contributed by atoms with Gasteiger partial charge in [0.15, 0.2) is 5.84 Å². The standard InChI is InChI=1S/C15H23N3O3/c1-21-14-6-5-11(8-13(14)15(16)17-20)9-18-7-3-2-4-12(18)10-19/h5-6,8,12,19-20H,2-4,7,9-10H2,1H3,(H2,16,17). The summed E-state index contributed by atoms with van der Waals surface area (Å²) in [4.78, 5) is 2.28. The summed E-state index contributed by atoms with van der Waals surface area (Å²) in [6.45, 7) is 1.90. The quantitative estimate of drug-likeness (QED) is 0.328. The summed E-state index contributed by atoms with van der Waals surface area (Å²) in [5.41, 5.74) is 7.32. The number of benzene rings is 1. The van der Waals surface area contributed by atoms with Gasteiger partial charge in [-0.15, -0.1) is 0 Å². The zero-order valence-corrected chi connectivity index (χ0v) is 12.3. The number of amidine groups is 1. The van der Waals surface area contributed by atoms with Gasteiger partial charge in [-0.1, -0.05) is 17.6 Å². The topological polar surface area (TPSA) is 91.3 Å². The molecule has 6 heteroatoms. The molecule has 1 aliphatic rings. The van der Waals surface area contributed by atoms with Crippen molar-refractivity contribution in [2.75, 3.05) is 20.3 Å². The lowest BCUT2D eigenvalue weighted by atomic mass is 10.0. The minimum atomic E-state index is 0.0334. The molecule has 6 nitrogen and oxygen atoms in total. The third-order valence-corrected chi connectivity index (χ3v) is 3.99. The van der Waals surface area contributed by atoms with Crippen LogP contribution < -0.4 is 10.5 Å². The van der Waals surface area contributed by atoms with Gasteiger partial charge in [0.05, 0.1) is 19.3 Å². The van der Waals surface area contributed by atoms with Gasteiger partial charge in [0.2, 0.25) is 0 Å². The second kappa shape index (κ2) is 7.28. The largest absolute Gasteiger partial charge is 0.496 e. The van der Waals surface area contributed by atoms with E-state index in [9.17, 15) is 5.11 Å². The Morgan fingerprint density at radius 2 is 2.29 bits per heavy atom. The molecule has 0 aromatic heterocycles. The van der Waals surface area contributed by atoms with Crippen molar-refractivity contribution >= 4 is 5.84 Å². The third kappa shape index (κ3) is 3.65. The average molecular weight is 293 g/mol. The number of oxime groups is 1. The number of piperidine rings is 1. The summed E-state index contributed by atoms with van der Waals surface area (Å²) in [6.07, 6.45) is 3.35. The summed E-state index contributed by atoms with van der Waals surface area (Å²) in [5.74, 6) is 0.609. The lowest BCUT2D eigenvalue weighted by molar-refractivity contribution is 0.0841. The molecular weight excluding hydrogens is 270 g/mol. The molecule has 0 spiro atoms. The number of hydrogen-bond donors (Lipinski definition) is 3. The van der Waals surface area contributed by atoms with Crippen molar-refractivity contribution < 1.29 is 15.1 Å². The number of nitrogens with two attached hydrogens (primary N) is 1. The molecule has 2 rings (SSSR count). The Hall–Kier alpha value is -1.79. The number of ether oxygens (including phenoxy) is 1. The lowest BCUT2D eigenvalue weighted by Crippen LogP contribution is -2.41. The van der Waals surface area contributed by atoms with E-state index in [1.54, 1.807) is 7.11 Å². The second-order valence-electron chi connectivity index (χ2n) is 5.32. The molecular formula is C15H23N3O3. The molecule has 1 atom stereocenters. The third-order valence-electron chi connectivity index (χ3n) is 3.99. The van der Waals surface area contributed by atoms with E-state index in [-0.39, 0.29) is 18.5 Å². The number of nitrogens with zero attached hydrogens (tertiary/aromatic N) is 2. The average Bonchev–Trinajstić information content (AvgIpc) is 2.54. The van der Waals surface area contributed by atoms with E-state index in [0.717, 1.165) is 31.5 Å². The first-order chi connectivity index (χ1) is 10.2. The van der Waals surface area contributed by atoms with Crippen LogP contribution in [0.25, 0.3) is 0 Å². The first-order valence-electron chi connectivity index (χ1n) is 7.19. The van der Waals surface area contributed by atoms with Crippen molar-refractivity contribution in [1.82, 2.24) is 4.90 Å². The fourth-order valence-corrected chi connectivity index (χ4v) is 2.82. The van der Waals surface area contributed by atoms with Crippen LogP contribution in [0.4, 0.5) is 0 Å². The Morgan fingerprint density at radius 1 is 1.48 bits per heavy atom. The number of hydrogen-bond acceptors (Lipinski definition) is 5. The van der Waals surface area contributed by atoms with Crippen molar-refractivity contribution in [2.24, 2.45) is 10.9 Å². The van der Waals surface area contributed by atoms with Crippen molar-refractivity contribution in [3.05, 3.63) is 29.3 Å². The molecule has 0 radical (unpaired) electrons. The molecule has 1 heterocycles. The predicted molar refractivity (Wildman–Crippen MR) is 80.6 cm³/mol. The highest BCUT2D eigenvalue weighted by Gasteiger charge is 2.22. The van der Waals surface area contributed by atoms with E-state index in [1.807, 2.05) is 18.2 Å². The molecule has 0 bridgehead atoms. The Morgan fingerprint density at radius 3 is 2.95 bits per heavy atom. The van der Waals surface area contributed by atoms with Gasteiger partial charge in [0.1, 0.15) is 5.75 Å². The number of likely N-dealkylation sites (tertiary alicyclic amines) is 1. The van der Waals surface area contributed by atoms with Crippen molar-refractivity contribution in [3.63, 3.8) is 0 Å². The van der Waals surface area contributed by atoms with E-state index in [2.05, 4.69) is 10.1 Å². The highest BCUT2D eigenvalue weighted by molar-refractivity contribution is 5.99. The molecule has 0 saturated carbocycles. The van der Waals surface area contributed by atoms with E-state index < -0.39 is 0 Å². The van der Waals surface area contributed by atoms with Crippen LogP contribution >= 0.6 is 0 Å². The monoisotopic (exact) mass is 293 g/mol. The van der Waals surface area contributed by atoms with Gasteiger partial charge in [-0.2, -0.15) is 0 Å². The van der Waals surface area contributed by atoms with Crippen LogP contribution in [-0.2, 0) is 6.54 Å². The lowest BCUT2D eigenvalue weighted by Gasteiger charge is -2.34. The first kappa shape index (κ1) is 15.6. The van der Waals surface area contributed by atoms with Gasteiger partial charge in [-0.25, -0.2) is 0 Å². The molecule has 1 aliphatic heterocycles. The van der Waals surface area contributed by atoms with Crippen LogP contribution in [-0.4, -0.2) is 47.4 Å². The van der Waals surface area contributed by atoms with Crippen LogP contribution in [0.2, 0.25) is 0 Å². The van der Waals surface area contributed by atoms with Crippen LogP contribution in [0.3, 0.4) is 0 Å². The van der Waals surface area contributed by atoms with Gasteiger partial charge >= 0.3 is 0 Å². The Labute approximate surface area is 124 Å². The SMILES string of the molecule is COc1ccc(CN2CCCCC2CO)cc1C(N)=NO. The van der Waals surface area contributed by atoms with Crippen molar-refractivity contribution in [1.29, 1.82) is 0 Å². The highest BCUT2D eigenvalue weighted by atomic mass is 16.5. The molecule has 4 N–H and O–H groups in total. The fourth-order valence-electron chi connectivity index (χ4n) is 2.82. The minimum absolute atomic E-state index is 0.0334. The summed E-state index contributed by atoms with van der Waals surface area (Å²) >= 11 is 0. The van der Waals surface area contributed by atoms with E-state index in [4.69, 9.17) is 15.7 Å². The minimum Gasteiger partial charge on any atom is -0.496 e. The highest BCUT2D eigenvalue weighted by Crippen LogP contribution is 2.23. The molecule has 1 saturated heterocycles. The maximum absolute atomic E-state index is 9.47. The van der Waals surface area contributed by atoms with Gasteiger partial charge in [0, 0.05) is 12.6 Å². The smallest absolute Gasteiger partial charge is 0.173 e. The van der Waals surface area contributed by atoms with Gasteiger partial charge in [-0.05, 0) is 37.1 Å². The summed E-state index contributed by atoms with van der Waals surface area (Å²) < 4.78 is 5.23. The number of rotatable bonds is 5. The predicted octanol–water partition coefficient (Wildman–Crippen LogP) is 1.14. The second-order valence-corrected chi connectivity index (χ2v) is 5.32. The van der Waals surface area contributed by atoms with Crippen molar-refractivity contribution in [3.8, 4) is 5.75 Å². The Balaban J connectivity index is 2.20. The molecule has 1 unspecified atom stereocenters. The molecule has 1 aromatic carbocycles. The normalized spacial score (nSPS) is 20.5. The van der Waals surface area contributed by atoms with Crippen LogP contribution in [0.1, 0.15) is 30.4 Å². The fraction of sp³-hybridized carbons (Fsp3) is 0.533. The van der Waals surface area contributed by atoms with Crippen molar-refractivity contribution in [2.45, 2.75) is 31.8 Å². The van der Waals surface area contributed by atoms with E-state index in [1.165, 1.54) is 6.42 Å². The molecule has 0 aliphatic carbocycles. The number of aliphatic hydroxyl groups is 1. The van der Waals surface area contributed by atoms with Crippen LogP contribution in [0, 0.1) is 0 Å². The zero-order valence-electron chi connectivity index (χ0n) is 12.3. The molecule has 1 fully saturated rings. The van der Waals surface area contributed by atoms with Crippen LogP contribution in [0.5, 0.6) is 5.75 Å². The first-order valence-corrected chi connectivity index (χ1v) is 7.19. The molecule has 21 heavy (non-hydrogen) atoms. The molecule has 0 amide bonds. The maximum Gasteiger partial charge on any atom is 0.173 e. The van der Waals surface area contributed by atoms with Gasteiger partial charge in [-0.3, -0.25) is 4.90 Å². The summed E-state index contributed by atoms with van der Waals surface area (Å²) in [7, 11) is 1.55. The van der Waals surface area contributed by atoms with Gasteiger partial charge in [0.25, 0.3) is 0 Å². The van der Waals surface area contributed by atoms with Crippen LogP contribution in [0.15, 0.2) is 23.4 Å². The maximum atomic E-state index is 9.47. The molecule has 116 valence electrons. The Bertz CT molecular complexity index is 505.